The first kappa shape index (κ1) is 8.65. The molecule has 1 rings (SSSR count). The van der Waals surface area contributed by atoms with Crippen LogP contribution in [0.15, 0.2) is 18.5 Å². The molecule has 0 amide bonds. The molecule has 0 aliphatic carbocycles. The van der Waals surface area contributed by atoms with E-state index in [9.17, 15) is 4.79 Å². The Bertz CT molecular complexity index is 312. The van der Waals surface area contributed by atoms with Crippen LogP contribution in [-0.4, -0.2) is 31.5 Å². The molecule has 4 heteroatoms. The number of esters is 1. The van der Waals surface area contributed by atoms with Crippen LogP contribution in [-0.2, 0) is 4.74 Å². The van der Waals surface area contributed by atoms with Gasteiger partial charge in [-0.2, -0.15) is 0 Å². The zero-order valence-electron chi connectivity index (χ0n) is 6.78. The summed E-state index contributed by atoms with van der Waals surface area (Å²) in [5.74, 6) is -0.383. The Morgan fingerprint density at radius 2 is 2.42 bits per heavy atom. The zero-order chi connectivity index (χ0) is 8.97. The van der Waals surface area contributed by atoms with Crippen LogP contribution in [0.1, 0.15) is 10.4 Å². The molecule has 0 aromatic carbocycles. The molecule has 1 aromatic rings. The Labute approximate surface area is 71.3 Å². The second-order valence-electron chi connectivity index (χ2n) is 2.20. The number of carbonyl (C=O) groups excluding carboxylic acids is 1. The fourth-order valence-electron chi connectivity index (χ4n) is 0.799. The molecule has 12 heavy (non-hydrogen) atoms. The minimum absolute atomic E-state index is 0.383. The second-order valence-corrected chi connectivity index (χ2v) is 2.20. The van der Waals surface area contributed by atoms with Gasteiger partial charge in [0, 0.05) is 0 Å². The Balaban J connectivity index is 3.01. The Kier molecular flexibility index (Phi) is 2.74. The van der Waals surface area contributed by atoms with Crippen molar-refractivity contribution in [3.8, 4) is 0 Å². The van der Waals surface area contributed by atoms with Gasteiger partial charge in [-0.1, -0.05) is 0 Å². The first-order valence-electron chi connectivity index (χ1n) is 3.43. The van der Waals surface area contributed by atoms with Crippen molar-refractivity contribution in [2.45, 2.75) is 0 Å². The van der Waals surface area contributed by atoms with Gasteiger partial charge in [-0.25, -0.2) is 0 Å². The van der Waals surface area contributed by atoms with Gasteiger partial charge in [0.1, 0.15) is 0 Å². The monoisotopic (exact) mass is 161 g/mol. The number of pyridine rings is 1. The molecule has 0 aliphatic heterocycles. The van der Waals surface area contributed by atoms with Crippen molar-refractivity contribution in [1.29, 1.82) is 0 Å². The van der Waals surface area contributed by atoms with Crippen molar-refractivity contribution in [1.82, 2.24) is 4.98 Å². The molecule has 0 saturated heterocycles. The summed E-state index contributed by atoms with van der Waals surface area (Å²) in [6, 6.07) is 1.67. The number of rotatable bonds is 2. The van der Waals surface area contributed by atoms with E-state index in [1.165, 1.54) is 13.3 Å². The van der Waals surface area contributed by atoms with Crippen molar-refractivity contribution in [3.63, 3.8) is 0 Å². The SMILES string of the molecule is C=Bc1cncc(C(=O)OC)c1. The molecular weight excluding hydrogens is 153 g/mol. The molecule has 0 saturated carbocycles. The van der Waals surface area contributed by atoms with Crippen LogP contribution >= 0.6 is 0 Å². The number of hydrogen-bond acceptors (Lipinski definition) is 3. The Hall–Kier alpha value is -1.45. The van der Waals surface area contributed by atoms with Gasteiger partial charge in [0.05, 0.1) is 0 Å². The summed E-state index contributed by atoms with van der Waals surface area (Å²) in [6.07, 6.45) is 3.08. The van der Waals surface area contributed by atoms with Gasteiger partial charge in [0.25, 0.3) is 0 Å². The summed E-state index contributed by atoms with van der Waals surface area (Å²) in [5.41, 5.74) is 1.24. The fraction of sp³-hybridized carbons (Fsp3) is 0.125. The van der Waals surface area contributed by atoms with Gasteiger partial charge in [-0.15, -0.1) is 0 Å². The predicted octanol–water partition coefficient (Wildman–Crippen LogP) is -0.370. The van der Waals surface area contributed by atoms with Gasteiger partial charge in [0.2, 0.25) is 0 Å². The number of aromatic nitrogens is 1. The number of hydrogen-bond donors (Lipinski definition) is 0. The number of nitrogens with zero attached hydrogens (tertiary/aromatic N) is 1. The molecule has 0 aliphatic rings. The number of methoxy groups -OCH3 is 1. The molecule has 3 nitrogen and oxygen atoms in total. The third kappa shape index (κ3) is 1.78. The van der Waals surface area contributed by atoms with Crippen LogP contribution < -0.4 is 5.46 Å². The summed E-state index contributed by atoms with van der Waals surface area (Å²) in [6.45, 7) is 5.19. The van der Waals surface area contributed by atoms with Crippen LogP contribution in [0, 0.1) is 0 Å². The summed E-state index contributed by atoms with van der Waals surface area (Å²) in [4.78, 5) is 14.8. The van der Waals surface area contributed by atoms with Crippen LogP contribution in [0.2, 0.25) is 0 Å². The molecule has 0 spiro atoms. The third-order valence-electron chi connectivity index (χ3n) is 1.42. The molecule has 0 N–H and O–H groups in total. The van der Waals surface area contributed by atoms with Gasteiger partial charge in [-0.3, -0.25) is 0 Å². The van der Waals surface area contributed by atoms with E-state index in [1.54, 1.807) is 19.2 Å². The van der Waals surface area contributed by atoms with E-state index in [2.05, 4.69) is 16.2 Å². The normalized spacial score (nSPS) is 8.75. The molecule has 0 bridgehead atoms. The first-order chi connectivity index (χ1) is 5.77. The van der Waals surface area contributed by atoms with E-state index in [0.717, 1.165) is 5.46 Å². The van der Waals surface area contributed by atoms with Crippen LogP contribution in [0.4, 0.5) is 0 Å². The minimum atomic E-state index is -0.383. The van der Waals surface area contributed by atoms with E-state index in [-0.39, 0.29) is 5.97 Å². The van der Waals surface area contributed by atoms with Crippen LogP contribution in [0.3, 0.4) is 0 Å². The predicted molar refractivity (Wildman–Crippen MR) is 48.1 cm³/mol. The summed E-state index contributed by atoms with van der Waals surface area (Å²) >= 11 is 0. The molecule has 1 heterocycles. The molecule has 0 fully saturated rings. The molecule has 0 atom stereocenters. The zero-order valence-corrected chi connectivity index (χ0v) is 6.78. The fourth-order valence-corrected chi connectivity index (χ4v) is 0.799. The van der Waals surface area contributed by atoms with Gasteiger partial charge < -0.3 is 0 Å². The Morgan fingerprint density at radius 1 is 1.67 bits per heavy atom. The summed E-state index contributed by atoms with van der Waals surface area (Å²) < 4.78 is 4.52. The third-order valence-corrected chi connectivity index (χ3v) is 1.42. The molecule has 1 aromatic heterocycles. The first-order valence-corrected chi connectivity index (χ1v) is 3.43. The molecule has 0 unspecified atom stereocenters. The van der Waals surface area contributed by atoms with E-state index in [0.29, 0.717) is 5.56 Å². The Morgan fingerprint density at radius 3 is 3.00 bits per heavy atom. The van der Waals surface area contributed by atoms with E-state index in [4.69, 9.17) is 0 Å². The molecule has 0 radical (unpaired) electrons. The van der Waals surface area contributed by atoms with Gasteiger partial charge in [-0.05, 0) is 0 Å². The van der Waals surface area contributed by atoms with E-state index in [1.807, 2.05) is 0 Å². The maximum atomic E-state index is 11.0. The molecule has 60 valence electrons. The van der Waals surface area contributed by atoms with Crippen molar-refractivity contribution < 1.29 is 9.53 Å². The average Bonchev–Trinajstić information content (AvgIpc) is 2.17. The number of carbonyl (C=O) groups is 1. The number of ether oxygens (including phenoxy) is 1. The van der Waals surface area contributed by atoms with Crippen molar-refractivity contribution in [2.75, 3.05) is 7.11 Å². The van der Waals surface area contributed by atoms with Crippen LogP contribution in [0.5, 0.6) is 0 Å². The summed E-state index contributed by atoms with van der Waals surface area (Å²) in [7, 11) is 1.34. The summed E-state index contributed by atoms with van der Waals surface area (Å²) in [5, 5.41) is 0. The standard InChI is InChI=1S/C8H8BNO2/c1-9-7-3-6(4-10-5-7)8(11)12-2/h3-5H,1H2,2H3. The average molecular weight is 161 g/mol. The van der Waals surface area contributed by atoms with Crippen LogP contribution in [0.25, 0.3) is 0 Å². The van der Waals surface area contributed by atoms with Gasteiger partial charge >= 0.3 is 70.5 Å². The quantitative estimate of drug-likeness (QED) is 0.438. The van der Waals surface area contributed by atoms with Crippen molar-refractivity contribution in [2.24, 2.45) is 0 Å². The van der Waals surface area contributed by atoms with E-state index >= 15 is 0 Å². The van der Waals surface area contributed by atoms with E-state index < -0.39 is 0 Å². The molecular formula is C8H8BNO2. The second kappa shape index (κ2) is 3.81. The van der Waals surface area contributed by atoms with Crippen molar-refractivity contribution >= 4 is 24.8 Å². The topological polar surface area (TPSA) is 39.2 Å². The maximum absolute atomic E-state index is 11.0. The van der Waals surface area contributed by atoms with Crippen molar-refractivity contribution in [3.05, 3.63) is 24.0 Å². The van der Waals surface area contributed by atoms with Gasteiger partial charge in [0.15, 0.2) is 0 Å².